The van der Waals surface area contributed by atoms with E-state index in [-0.39, 0.29) is 11.8 Å². The van der Waals surface area contributed by atoms with Crippen LogP contribution in [0.3, 0.4) is 0 Å². The molecule has 3 aromatic rings. The largest absolute Gasteiger partial charge is 0.371 e. The van der Waals surface area contributed by atoms with Crippen LogP contribution in [0.4, 0.5) is 11.4 Å². The summed E-state index contributed by atoms with van der Waals surface area (Å²) in [7, 11) is 0. The number of benzene rings is 2. The molecule has 4 heterocycles. The molecule has 0 aliphatic carbocycles. The smallest absolute Gasteiger partial charge is 0.260 e. The topological polar surface area (TPSA) is 56.8 Å². The number of carbonyl (C=O) groups excluding carboxylic acids is 2. The Morgan fingerprint density at radius 1 is 0.861 bits per heavy atom. The van der Waals surface area contributed by atoms with Crippen molar-refractivity contribution in [3.05, 3.63) is 88.7 Å². The van der Waals surface area contributed by atoms with E-state index in [9.17, 15) is 9.59 Å². The summed E-state index contributed by atoms with van der Waals surface area (Å²) in [5.41, 5.74) is 4.41. The highest BCUT2D eigenvalue weighted by molar-refractivity contribution is 6.35. The van der Waals surface area contributed by atoms with Crippen molar-refractivity contribution < 1.29 is 9.59 Å². The lowest BCUT2D eigenvalue weighted by Crippen LogP contribution is -2.48. The number of hydrogen-bond donors (Lipinski definition) is 0. The van der Waals surface area contributed by atoms with Gasteiger partial charge in [0.2, 0.25) is 0 Å². The highest BCUT2D eigenvalue weighted by Crippen LogP contribution is 2.42. The van der Waals surface area contributed by atoms with Crippen molar-refractivity contribution >= 4 is 34.8 Å². The molecule has 6 nitrogen and oxygen atoms in total. The molecule has 3 aliphatic rings. The number of aromatic nitrogens is 1. The third-order valence-electron chi connectivity index (χ3n) is 8.26. The molecule has 0 N–H and O–H groups in total. The molecule has 184 valence electrons. The molecule has 7 heteroatoms. The summed E-state index contributed by atoms with van der Waals surface area (Å²) < 4.78 is 0. The van der Waals surface area contributed by atoms with Gasteiger partial charge in [0.15, 0.2) is 0 Å². The molecule has 0 radical (unpaired) electrons. The molecule has 1 aromatic heterocycles. The van der Waals surface area contributed by atoms with Gasteiger partial charge in [-0.3, -0.25) is 14.6 Å². The Hall–Kier alpha value is -3.38. The number of fused-ring (bicyclic) bond motifs is 1. The van der Waals surface area contributed by atoms with Crippen molar-refractivity contribution in [2.75, 3.05) is 36.0 Å². The standard InChI is InChI=1S/C29H29ClN4O2/c30-25-6-2-4-22-20-34(28(36)26(22)25)24-5-1-3-21(19-24)27(35)33-17-11-29(12-18-33)9-15-32(16-10-29)23-7-13-31-14-8-23/h1-8,13-14,19H,9-12,15-18,20H2. The molecule has 0 atom stereocenters. The van der Waals surface area contributed by atoms with E-state index in [2.05, 4.69) is 22.0 Å². The molecule has 6 rings (SSSR count). The third kappa shape index (κ3) is 4.13. The van der Waals surface area contributed by atoms with E-state index in [0.717, 1.165) is 63.1 Å². The molecule has 0 bridgehead atoms. The van der Waals surface area contributed by atoms with Gasteiger partial charge in [-0.25, -0.2) is 0 Å². The Balaban J connectivity index is 1.10. The SMILES string of the molecule is O=C(c1cccc(N2Cc3cccc(Cl)c3C2=O)c1)N1CCC2(CC1)CCN(c1ccncc1)CC2. The first kappa shape index (κ1) is 23.0. The van der Waals surface area contributed by atoms with Crippen molar-refractivity contribution in [1.29, 1.82) is 0 Å². The first-order valence-corrected chi connectivity index (χ1v) is 13.0. The highest BCUT2D eigenvalue weighted by atomic mass is 35.5. The average molecular weight is 501 g/mol. The first-order valence-electron chi connectivity index (χ1n) is 12.7. The van der Waals surface area contributed by atoms with Gasteiger partial charge >= 0.3 is 0 Å². The second-order valence-electron chi connectivity index (χ2n) is 10.2. The summed E-state index contributed by atoms with van der Waals surface area (Å²) >= 11 is 6.29. The number of pyridine rings is 1. The zero-order valence-corrected chi connectivity index (χ0v) is 21.0. The van der Waals surface area contributed by atoms with Crippen molar-refractivity contribution in [3.63, 3.8) is 0 Å². The maximum Gasteiger partial charge on any atom is 0.260 e. The van der Waals surface area contributed by atoms with Gasteiger partial charge in [-0.2, -0.15) is 0 Å². The Kier molecular flexibility index (Phi) is 5.92. The number of likely N-dealkylation sites (tertiary alicyclic amines) is 1. The number of halogens is 1. The van der Waals surface area contributed by atoms with Crippen molar-refractivity contribution in [1.82, 2.24) is 9.88 Å². The molecule has 2 aromatic carbocycles. The van der Waals surface area contributed by atoms with E-state index in [1.165, 1.54) is 5.69 Å². The third-order valence-corrected chi connectivity index (χ3v) is 8.57. The van der Waals surface area contributed by atoms with Crippen molar-refractivity contribution in [2.24, 2.45) is 5.41 Å². The quantitative estimate of drug-likeness (QED) is 0.482. The Morgan fingerprint density at radius 2 is 1.56 bits per heavy atom. The van der Waals surface area contributed by atoms with Crippen LogP contribution in [0, 0.1) is 5.41 Å². The first-order chi connectivity index (χ1) is 17.5. The summed E-state index contributed by atoms with van der Waals surface area (Å²) in [6.45, 7) is 4.13. The number of hydrogen-bond acceptors (Lipinski definition) is 4. The molecule has 2 saturated heterocycles. The van der Waals surface area contributed by atoms with Crippen LogP contribution in [0.15, 0.2) is 67.0 Å². The predicted molar refractivity (Wildman–Crippen MR) is 142 cm³/mol. The molecule has 0 unspecified atom stereocenters. The number of amides is 2. The van der Waals surface area contributed by atoms with Gasteiger partial charge in [0, 0.05) is 55.5 Å². The normalized spacial score (nSPS) is 19.0. The second kappa shape index (κ2) is 9.25. The fourth-order valence-corrected chi connectivity index (χ4v) is 6.27. The van der Waals surface area contributed by atoms with Crippen LogP contribution in [-0.2, 0) is 6.54 Å². The number of anilines is 2. The van der Waals surface area contributed by atoms with Gasteiger partial charge in [0.05, 0.1) is 17.1 Å². The molecule has 2 amide bonds. The molecule has 1 spiro atoms. The van der Waals surface area contributed by atoms with Gasteiger partial charge in [0.1, 0.15) is 0 Å². The van der Waals surface area contributed by atoms with Gasteiger partial charge in [-0.15, -0.1) is 0 Å². The number of rotatable bonds is 3. The fraction of sp³-hybridized carbons (Fsp3) is 0.345. The lowest BCUT2D eigenvalue weighted by Gasteiger charge is -2.47. The zero-order valence-electron chi connectivity index (χ0n) is 20.2. The minimum Gasteiger partial charge on any atom is -0.371 e. The lowest BCUT2D eigenvalue weighted by atomic mass is 9.71. The molecule has 36 heavy (non-hydrogen) atoms. The number of nitrogens with zero attached hydrogens (tertiary/aromatic N) is 4. The van der Waals surface area contributed by atoms with Gasteiger partial charge in [0.25, 0.3) is 11.8 Å². The number of piperidine rings is 2. The summed E-state index contributed by atoms with van der Waals surface area (Å²) in [5.74, 6) is -0.0682. The Bertz CT molecular complexity index is 1290. The Morgan fingerprint density at radius 3 is 2.28 bits per heavy atom. The van der Waals surface area contributed by atoms with Gasteiger partial charge < -0.3 is 14.7 Å². The lowest BCUT2D eigenvalue weighted by molar-refractivity contribution is 0.0515. The maximum atomic E-state index is 13.4. The summed E-state index contributed by atoms with van der Waals surface area (Å²) in [5, 5.41) is 0.473. The Labute approximate surface area is 216 Å². The minimum absolute atomic E-state index is 0.0446. The molecule has 3 aliphatic heterocycles. The van der Waals surface area contributed by atoms with E-state index in [4.69, 9.17) is 11.6 Å². The van der Waals surface area contributed by atoms with Crippen molar-refractivity contribution in [2.45, 2.75) is 32.2 Å². The molecule has 0 saturated carbocycles. The zero-order chi connectivity index (χ0) is 24.7. The molecule has 2 fully saturated rings. The van der Waals surface area contributed by atoms with E-state index >= 15 is 0 Å². The van der Waals surface area contributed by atoms with E-state index in [0.29, 0.717) is 28.1 Å². The van der Waals surface area contributed by atoms with Crippen LogP contribution in [0.25, 0.3) is 0 Å². The monoisotopic (exact) mass is 500 g/mol. The predicted octanol–water partition coefficient (Wildman–Crippen LogP) is 5.42. The number of carbonyl (C=O) groups is 2. The highest BCUT2D eigenvalue weighted by Gasteiger charge is 2.39. The van der Waals surface area contributed by atoms with Crippen LogP contribution in [-0.4, -0.2) is 47.9 Å². The second-order valence-corrected chi connectivity index (χ2v) is 10.6. The van der Waals surface area contributed by atoms with Gasteiger partial charge in [-0.1, -0.05) is 29.8 Å². The van der Waals surface area contributed by atoms with E-state index in [1.54, 1.807) is 11.0 Å². The summed E-state index contributed by atoms with van der Waals surface area (Å²) in [4.78, 5) is 36.7. The summed E-state index contributed by atoms with van der Waals surface area (Å²) in [6, 6.07) is 17.1. The average Bonchev–Trinajstić information content (AvgIpc) is 3.27. The van der Waals surface area contributed by atoms with Crippen LogP contribution < -0.4 is 9.80 Å². The van der Waals surface area contributed by atoms with Crippen LogP contribution >= 0.6 is 11.6 Å². The fourth-order valence-electron chi connectivity index (χ4n) is 5.99. The van der Waals surface area contributed by atoms with Gasteiger partial charge in [-0.05, 0) is 73.1 Å². The van der Waals surface area contributed by atoms with Crippen LogP contribution in [0.1, 0.15) is 52.0 Å². The summed E-state index contributed by atoms with van der Waals surface area (Å²) in [6.07, 6.45) is 8.11. The van der Waals surface area contributed by atoms with Crippen molar-refractivity contribution in [3.8, 4) is 0 Å². The molecular formula is C29H29ClN4O2. The van der Waals surface area contributed by atoms with E-state index in [1.807, 2.05) is 53.7 Å². The minimum atomic E-state index is -0.113. The maximum absolute atomic E-state index is 13.4. The van der Waals surface area contributed by atoms with Crippen LogP contribution in [0.2, 0.25) is 5.02 Å². The van der Waals surface area contributed by atoms with E-state index < -0.39 is 0 Å². The molecular weight excluding hydrogens is 472 g/mol. The van der Waals surface area contributed by atoms with Crippen LogP contribution in [0.5, 0.6) is 0 Å².